The van der Waals surface area contributed by atoms with E-state index in [1.54, 1.807) is 12.1 Å². The molecule has 0 unspecified atom stereocenters. The van der Waals surface area contributed by atoms with Crippen LogP contribution in [0.1, 0.15) is 34.3 Å². The van der Waals surface area contributed by atoms with Gasteiger partial charge in [0.05, 0.1) is 5.56 Å². The molecule has 2 N–H and O–H groups in total. The van der Waals surface area contributed by atoms with Crippen molar-refractivity contribution in [3.05, 3.63) is 34.9 Å². The maximum absolute atomic E-state index is 11.2. The van der Waals surface area contributed by atoms with Gasteiger partial charge in [-0.3, -0.25) is 0 Å². The van der Waals surface area contributed by atoms with Crippen LogP contribution in [0, 0.1) is 6.92 Å². The third kappa shape index (κ3) is 3.09. The molecule has 4 heteroatoms. The second kappa shape index (κ2) is 5.98. The second-order valence-corrected chi connectivity index (χ2v) is 4.67. The minimum Gasteiger partial charge on any atom is -0.478 e. The first-order chi connectivity index (χ1) is 8.68. The Labute approximate surface area is 107 Å². The Morgan fingerprint density at radius 2 is 2.17 bits per heavy atom. The lowest BCUT2D eigenvalue weighted by Gasteiger charge is -2.24. The van der Waals surface area contributed by atoms with Gasteiger partial charge in [0.25, 0.3) is 0 Å². The summed E-state index contributed by atoms with van der Waals surface area (Å²) in [6, 6.07) is 5.83. The van der Waals surface area contributed by atoms with Gasteiger partial charge in [-0.2, -0.15) is 0 Å². The Morgan fingerprint density at radius 1 is 1.44 bits per heavy atom. The first-order valence-corrected chi connectivity index (χ1v) is 6.31. The molecule has 1 aromatic rings. The molecule has 0 spiro atoms. The highest BCUT2D eigenvalue weighted by Gasteiger charge is 2.16. The van der Waals surface area contributed by atoms with Crippen LogP contribution in [0.2, 0.25) is 0 Å². The number of aromatic carboxylic acids is 1. The molecule has 1 aliphatic rings. The molecule has 0 atom stereocenters. The van der Waals surface area contributed by atoms with Gasteiger partial charge in [-0.1, -0.05) is 12.1 Å². The molecule has 0 bridgehead atoms. The van der Waals surface area contributed by atoms with Gasteiger partial charge < -0.3 is 15.2 Å². The zero-order chi connectivity index (χ0) is 13.0. The summed E-state index contributed by atoms with van der Waals surface area (Å²) in [5.41, 5.74) is 2.31. The summed E-state index contributed by atoms with van der Waals surface area (Å²) >= 11 is 0. The van der Waals surface area contributed by atoms with Gasteiger partial charge in [0.2, 0.25) is 0 Å². The van der Waals surface area contributed by atoms with Crippen LogP contribution < -0.4 is 5.32 Å². The van der Waals surface area contributed by atoms with Gasteiger partial charge in [0.1, 0.15) is 0 Å². The van der Waals surface area contributed by atoms with Crippen molar-refractivity contribution in [3.63, 3.8) is 0 Å². The average molecular weight is 249 g/mol. The van der Waals surface area contributed by atoms with E-state index in [2.05, 4.69) is 5.32 Å². The van der Waals surface area contributed by atoms with Crippen LogP contribution in [0.15, 0.2) is 18.2 Å². The van der Waals surface area contributed by atoms with Crippen molar-refractivity contribution < 1.29 is 14.6 Å². The molecule has 1 fully saturated rings. The molecule has 0 aromatic heterocycles. The zero-order valence-electron chi connectivity index (χ0n) is 10.6. The molecule has 0 aliphatic carbocycles. The highest BCUT2D eigenvalue weighted by molar-refractivity contribution is 5.89. The molecular formula is C14H19NO3. The average Bonchev–Trinajstić information content (AvgIpc) is 2.38. The number of ether oxygens (including phenoxy) is 1. The number of nitrogens with one attached hydrogen (secondary N) is 1. The van der Waals surface area contributed by atoms with Crippen molar-refractivity contribution in [2.45, 2.75) is 32.4 Å². The first-order valence-electron chi connectivity index (χ1n) is 6.31. The van der Waals surface area contributed by atoms with Gasteiger partial charge in [-0.15, -0.1) is 0 Å². The van der Waals surface area contributed by atoms with E-state index >= 15 is 0 Å². The molecule has 0 radical (unpaired) electrons. The molecule has 2 rings (SSSR count). The van der Waals surface area contributed by atoms with Crippen LogP contribution in [-0.4, -0.2) is 30.3 Å². The van der Waals surface area contributed by atoms with E-state index in [4.69, 9.17) is 4.74 Å². The molecule has 98 valence electrons. The highest BCUT2D eigenvalue weighted by Crippen LogP contribution is 2.15. The van der Waals surface area contributed by atoms with Gasteiger partial charge in [-0.25, -0.2) is 4.79 Å². The van der Waals surface area contributed by atoms with Crippen molar-refractivity contribution in [3.8, 4) is 0 Å². The molecule has 0 saturated carbocycles. The molecular weight excluding hydrogens is 230 g/mol. The first kappa shape index (κ1) is 13.1. The van der Waals surface area contributed by atoms with Crippen LogP contribution in [0.3, 0.4) is 0 Å². The van der Waals surface area contributed by atoms with Crippen molar-refractivity contribution in [2.24, 2.45) is 0 Å². The molecule has 18 heavy (non-hydrogen) atoms. The number of rotatable bonds is 4. The Kier molecular flexibility index (Phi) is 4.33. The van der Waals surface area contributed by atoms with Crippen LogP contribution in [0.25, 0.3) is 0 Å². The Bertz CT molecular complexity index is 425. The normalized spacial score (nSPS) is 16.7. The molecule has 1 aliphatic heterocycles. The van der Waals surface area contributed by atoms with Gasteiger partial charge in [0.15, 0.2) is 0 Å². The largest absolute Gasteiger partial charge is 0.478 e. The predicted molar refractivity (Wildman–Crippen MR) is 68.8 cm³/mol. The van der Waals surface area contributed by atoms with Crippen LogP contribution in [-0.2, 0) is 11.3 Å². The number of carboxylic acid groups (broad SMARTS) is 1. The Balaban J connectivity index is 2.05. The third-order valence-electron chi connectivity index (χ3n) is 3.43. The quantitative estimate of drug-likeness (QED) is 0.856. The SMILES string of the molecule is Cc1cccc(C(=O)O)c1CNC1CCOCC1. The van der Waals surface area contributed by atoms with E-state index in [9.17, 15) is 9.90 Å². The second-order valence-electron chi connectivity index (χ2n) is 4.67. The Morgan fingerprint density at radius 3 is 2.83 bits per heavy atom. The number of benzene rings is 1. The van der Waals surface area contributed by atoms with Gasteiger partial charge in [0, 0.05) is 25.8 Å². The predicted octanol–water partition coefficient (Wildman–Crippen LogP) is 1.96. The van der Waals surface area contributed by atoms with E-state index in [1.807, 2.05) is 13.0 Å². The lowest BCUT2D eigenvalue weighted by molar-refractivity contribution is 0.0692. The van der Waals surface area contributed by atoms with Crippen LogP contribution in [0.5, 0.6) is 0 Å². The number of hydrogen-bond acceptors (Lipinski definition) is 3. The summed E-state index contributed by atoms with van der Waals surface area (Å²) in [6.07, 6.45) is 1.99. The van der Waals surface area contributed by atoms with Crippen LogP contribution in [0.4, 0.5) is 0 Å². The van der Waals surface area contributed by atoms with Gasteiger partial charge in [-0.05, 0) is 37.0 Å². The number of hydrogen-bond donors (Lipinski definition) is 2. The molecule has 1 heterocycles. The summed E-state index contributed by atoms with van der Waals surface area (Å²) in [5.74, 6) is -0.859. The van der Waals surface area contributed by atoms with E-state index in [0.717, 1.165) is 37.2 Å². The fourth-order valence-corrected chi connectivity index (χ4v) is 2.29. The summed E-state index contributed by atoms with van der Waals surface area (Å²) in [6.45, 7) is 4.14. The van der Waals surface area contributed by atoms with Crippen molar-refractivity contribution in [2.75, 3.05) is 13.2 Å². The fraction of sp³-hybridized carbons (Fsp3) is 0.500. The molecule has 1 aromatic carbocycles. The lowest BCUT2D eigenvalue weighted by atomic mass is 10.0. The summed E-state index contributed by atoms with van der Waals surface area (Å²) in [5, 5.41) is 12.6. The van der Waals surface area contributed by atoms with Crippen molar-refractivity contribution >= 4 is 5.97 Å². The topological polar surface area (TPSA) is 58.6 Å². The number of carbonyl (C=O) groups is 1. The van der Waals surface area contributed by atoms with Crippen molar-refractivity contribution in [1.29, 1.82) is 0 Å². The number of aryl methyl sites for hydroxylation is 1. The highest BCUT2D eigenvalue weighted by atomic mass is 16.5. The monoisotopic (exact) mass is 249 g/mol. The van der Waals surface area contributed by atoms with E-state index < -0.39 is 5.97 Å². The van der Waals surface area contributed by atoms with E-state index in [1.165, 1.54) is 0 Å². The fourth-order valence-electron chi connectivity index (χ4n) is 2.29. The minimum atomic E-state index is -0.859. The standard InChI is InChI=1S/C14H19NO3/c1-10-3-2-4-12(14(16)17)13(10)9-15-11-5-7-18-8-6-11/h2-4,11,15H,5-9H2,1H3,(H,16,17). The zero-order valence-corrected chi connectivity index (χ0v) is 10.6. The van der Waals surface area contributed by atoms with Crippen LogP contribution >= 0.6 is 0 Å². The third-order valence-corrected chi connectivity index (χ3v) is 3.43. The van der Waals surface area contributed by atoms with E-state index in [0.29, 0.717) is 18.2 Å². The maximum atomic E-state index is 11.2. The molecule has 1 saturated heterocycles. The smallest absolute Gasteiger partial charge is 0.336 e. The molecule has 4 nitrogen and oxygen atoms in total. The minimum absolute atomic E-state index is 0.398. The number of carboxylic acids is 1. The molecule has 0 amide bonds. The summed E-state index contributed by atoms with van der Waals surface area (Å²) < 4.78 is 5.30. The van der Waals surface area contributed by atoms with Gasteiger partial charge >= 0.3 is 5.97 Å². The lowest BCUT2D eigenvalue weighted by Crippen LogP contribution is -2.34. The van der Waals surface area contributed by atoms with E-state index in [-0.39, 0.29) is 0 Å². The summed E-state index contributed by atoms with van der Waals surface area (Å²) in [7, 11) is 0. The summed E-state index contributed by atoms with van der Waals surface area (Å²) in [4.78, 5) is 11.2. The Hall–Kier alpha value is -1.39. The van der Waals surface area contributed by atoms with Crippen molar-refractivity contribution in [1.82, 2.24) is 5.32 Å². The maximum Gasteiger partial charge on any atom is 0.336 e.